The third-order valence-electron chi connectivity index (χ3n) is 5.26. The normalized spacial score (nSPS) is 14.5. The lowest BCUT2D eigenvalue weighted by Gasteiger charge is -2.19. The van der Waals surface area contributed by atoms with Crippen molar-refractivity contribution in [3.05, 3.63) is 77.0 Å². The summed E-state index contributed by atoms with van der Waals surface area (Å²) >= 11 is 0. The summed E-state index contributed by atoms with van der Waals surface area (Å²) < 4.78 is 13.2. The fourth-order valence-corrected chi connectivity index (χ4v) is 3.72. The molecule has 0 spiro atoms. The van der Waals surface area contributed by atoms with E-state index in [-0.39, 0.29) is 11.6 Å². The number of fused-ring (bicyclic) bond motifs is 1. The molecule has 4 nitrogen and oxygen atoms in total. The van der Waals surface area contributed by atoms with Gasteiger partial charge in [0.15, 0.2) is 0 Å². The SMILES string of the molecule is CCc1nc2c(c(-c3ccc(O)cc3)n1)CCN(Cc1ccc(F)cc1)CC2. The molecule has 0 fully saturated rings. The van der Waals surface area contributed by atoms with Crippen LogP contribution in [0.25, 0.3) is 11.3 Å². The van der Waals surface area contributed by atoms with E-state index in [0.717, 1.165) is 67.2 Å². The fourth-order valence-electron chi connectivity index (χ4n) is 3.72. The van der Waals surface area contributed by atoms with Gasteiger partial charge in [0.05, 0.1) is 5.69 Å². The zero-order valence-electron chi connectivity index (χ0n) is 16.0. The van der Waals surface area contributed by atoms with Crippen LogP contribution >= 0.6 is 0 Å². The molecule has 0 aliphatic carbocycles. The molecule has 144 valence electrons. The number of halogens is 1. The molecule has 1 N–H and O–H groups in total. The summed E-state index contributed by atoms with van der Waals surface area (Å²) in [5.74, 6) is 0.909. The van der Waals surface area contributed by atoms with Crippen LogP contribution in [0.2, 0.25) is 0 Å². The lowest BCUT2D eigenvalue weighted by atomic mass is 10.0. The summed E-state index contributed by atoms with van der Waals surface area (Å²) in [7, 11) is 0. The fraction of sp³-hybridized carbons (Fsp3) is 0.304. The van der Waals surface area contributed by atoms with Crippen molar-refractivity contribution >= 4 is 0 Å². The first-order valence-corrected chi connectivity index (χ1v) is 9.77. The van der Waals surface area contributed by atoms with Gasteiger partial charge in [0.25, 0.3) is 0 Å². The Labute approximate surface area is 164 Å². The second kappa shape index (κ2) is 8.07. The van der Waals surface area contributed by atoms with E-state index < -0.39 is 0 Å². The number of hydrogen-bond acceptors (Lipinski definition) is 4. The summed E-state index contributed by atoms with van der Waals surface area (Å²) in [5.41, 5.74) is 5.43. The maximum absolute atomic E-state index is 13.2. The van der Waals surface area contributed by atoms with E-state index in [4.69, 9.17) is 9.97 Å². The zero-order chi connectivity index (χ0) is 19.5. The molecule has 2 heterocycles. The first kappa shape index (κ1) is 18.6. The van der Waals surface area contributed by atoms with Crippen molar-refractivity contribution in [1.29, 1.82) is 0 Å². The molecule has 2 aromatic carbocycles. The molecule has 28 heavy (non-hydrogen) atoms. The van der Waals surface area contributed by atoms with E-state index in [1.807, 2.05) is 24.3 Å². The van der Waals surface area contributed by atoms with E-state index in [1.165, 1.54) is 17.7 Å². The monoisotopic (exact) mass is 377 g/mol. The van der Waals surface area contributed by atoms with Crippen LogP contribution in [-0.4, -0.2) is 33.1 Å². The molecule has 1 aromatic heterocycles. The molecule has 0 radical (unpaired) electrons. The number of nitrogens with zero attached hydrogens (tertiary/aromatic N) is 3. The molecule has 1 aliphatic heterocycles. The Bertz CT molecular complexity index is 955. The van der Waals surface area contributed by atoms with Crippen LogP contribution in [0.15, 0.2) is 48.5 Å². The van der Waals surface area contributed by atoms with Gasteiger partial charge in [-0.3, -0.25) is 4.90 Å². The smallest absolute Gasteiger partial charge is 0.129 e. The molecule has 0 amide bonds. The highest BCUT2D eigenvalue weighted by molar-refractivity contribution is 5.65. The summed E-state index contributed by atoms with van der Waals surface area (Å²) in [6, 6.07) is 14.0. The van der Waals surface area contributed by atoms with Gasteiger partial charge in [0.2, 0.25) is 0 Å². The number of benzene rings is 2. The third kappa shape index (κ3) is 4.04. The zero-order valence-corrected chi connectivity index (χ0v) is 16.0. The predicted molar refractivity (Wildman–Crippen MR) is 108 cm³/mol. The van der Waals surface area contributed by atoms with Crippen molar-refractivity contribution in [3.63, 3.8) is 0 Å². The highest BCUT2D eigenvalue weighted by Gasteiger charge is 2.21. The summed E-state index contributed by atoms with van der Waals surface area (Å²) in [6.45, 7) is 4.70. The molecular formula is C23H24FN3O. The van der Waals surface area contributed by atoms with Gasteiger partial charge < -0.3 is 5.11 Å². The van der Waals surface area contributed by atoms with Crippen LogP contribution in [0.3, 0.4) is 0 Å². The maximum atomic E-state index is 13.2. The quantitative estimate of drug-likeness (QED) is 0.742. The Morgan fingerprint density at radius 2 is 1.68 bits per heavy atom. The van der Waals surface area contributed by atoms with Crippen molar-refractivity contribution in [2.75, 3.05) is 13.1 Å². The maximum Gasteiger partial charge on any atom is 0.129 e. The van der Waals surface area contributed by atoms with E-state index in [2.05, 4.69) is 11.8 Å². The number of aryl methyl sites for hydroxylation is 1. The van der Waals surface area contributed by atoms with E-state index in [1.54, 1.807) is 12.1 Å². The minimum absolute atomic E-state index is 0.201. The molecule has 0 saturated heterocycles. The Hall–Kier alpha value is -2.79. The Morgan fingerprint density at radius 1 is 0.964 bits per heavy atom. The highest BCUT2D eigenvalue weighted by atomic mass is 19.1. The summed E-state index contributed by atoms with van der Waals surface area (Å²) in [4.78, 5) is 12.0. The van der Waals surface area contributed by atoms with Crippen LogP contribution < -0.4 is 0 Å². The number of hydrogen-bond donors (Lipinski definition) is 1. The summed E-state index contributed by atoms with van der Waals surface area (Å²) in [5, 5.41) is 9.62. The van der Waals surface area contributed by atoms with Crippen LogP contribution in [0, 0.1) is 5.82 Å². The first-order chi connectivity index (χ1) is 13.6. The Morgan fingerprint density at radius 3 is 2.39 bits per heavy atom. The average molecular weight is 377 g/mol. The van der Waals surface area contributed by atoms with E-state index >= 15 is 0 Å². The largest absolute Gasteiger partial charge is 0.508 e. The van der Waals surface area contributed by atoms with Gasteiger partial charge in [-0.25, -0.2) is 14.4 Å². The molecule has 0 saturated carbocycles. The molecule has 0 bridgehead atoms. The molecule has 4 rings (SSSR count). The van der Waals surface area contributed by atoms with Gasteiger partial charge in [-0.15, -0.1) is 0 Å². The minimum Gasteiger partial charge on any atom is -0.508 e. The van der Waals surface area contributed by atoms with Crippen molar-refractivity contribution in [1.82, 2.24) is 14.9 Å². The lowest BCUT2D eigenvalue weighted by molar-refractivity contribution is 0.279. The van der Waals surface area contributed by atoms with Crippen molar-refractivity contribution in [3.8, 4) is 17.0 Å². The van der Waals surface area contributed by atoms with Gasteiger partial charge in [-0.1, -0.05) is 19.1 Å². The number of phenolic OH excluding ortho intramolecular Hbond substituents is 1. The van der Waals surface area contributed by atoms with Gasteiger partial charge in [-0.2, -0.15) is 0 Å². The van der Waals surface area contributed by atoms with Gasteiger partial charge in [0, 0.05) is 49.3 Å². The van der Waals surface area contributed by atoms with Crippen molar-refractivity contribution < 1.29 is 9.50 Å². The van der Waals surface area contributed by atoms with Crippen molar-refractivity contribution in [2.45, 2.75) is 32.7 Å². The number of phenols is 1. The Balaban J connectivity index is 1.61. The van der Waals surface area contributed by atoms with Crippen molar-refractivity contribution in [2.24, 2.45) is 0 Å². The summed E-state index contributed by atoms with van der Waals surface area (Å²) in [6.07, 6.45) is 2.53. The standard InChI is InChI=1S/C23H24FN3O/c1-2-22-25-21-12-14-27(15-16-3-7-18(24)8-4-16)13-11-20(21)23(26-22)17-5-9-19(28)10-6-17/h3-10,28H,2,11-15H2,1H3. The number of aromatic nitrogens is 2. The van der Waals surface area contributed by atoms with Crippen LogP contribution in [-0.2, 0) is 25.8 Å². The number of aromatic hydroxyl groups is 1. The van der Waals surface area contributed by atoms with Gasteiger partial charge in [-0.05, 0) is 48.4 Å². The number of rotatable bonds is 4. The second-order valence-corrected chi connectivity index (χ2v) is 7.22. The molecule has 1 aliphatic rings. The molecule has 0 unspecified atom stereocenters. The molecule has 0 atom stereocenters. The predicted octanol–water partition coefficient (Wildman–Crippen LogP) is 4.15. The molecule has 3 aromatic rings. The van der Waals surface area contributed by atoms with Crippen LogP contribution in [0.4, 0.5) is 4.39 Å². The topological polar surface area (TPSA) is 49.3 Å². The molecular weight excluding hydrogens is 353 g/mol. The highest BCUT2D eigenvalue weighted by Crippen LogP contribution is 2.28. The van der Waals surface area contributed by atoms with Crippen LogP contribution in [0.1, 0.15) is 29.6 Å². The second-order valence-electron chi connectivity index (χ2n) is 7.22. The van der Waals surface area contributed by atoms with Gasteiger partial charge >= 0.3 is 0 Å². The Kier molecular flexibility index (Phi) is 5.35. The van der Waals surface area contributed by atoms with Gasteiger partial charge in [0.1, 0.15) is 17.4 Å². The first-order valence-electron chi connectivity index (χ1n) is 9.77. The van der Waals surface area contributed by atoms with Crippen LogP contribution in [0.5, 0.6) is 5.75 Å². The average Bonchev–Trinajstić information content (AvgIpc) is 2.92. The lowest BCUT2D eigenvalue weighted by Crippen LogP contribution is -2.25. The molecule has 5 heteroatoms. The minimum atomic E-state index is -0.201. The van der Waals surface area contributed by atoms with E-state index in [0.29, 0.717) is 0 Å². The van der Waals surface area contributed by atoms with E-state index in [9.17, 15) is 9.50 Å². The third-order valence-corrected chi connectivity index (χ3v) is 5.26.